The van der Waals surface area contributed by atoms with E-state index in [1.165, 1.54) is 16.5 Å². The van der Waals surface area contributed by atoms with Crippen LogP contribution in [0.2, 0.25) is 5.28 Å². The van der Waals surface area contributed by atoms with Gasteiger partial charge < -0.3 is 25.5 Å². The monoisotopic (exact) mass is 434 g/mol. The van der Waals surface area contributed by atoms with Gasteiger partial charge in [-0.1, -0.05) is 30.3 Å². The molecule has 1 aliphatic rings. The molecule has 160 valence electrons. The Bertz CT molecular complexity index is 1000. The van der Waals surface area contributed by atoms with Crippen molar-refractivity contribution in [3.05, 3.63) is 47.5 Å². The lowest BCUT2D eigenvalue weighted by Crippen LogP contribution is -2.33. The second kappa shape index (κ2) is 8.80. The highest BCUT2D eigenvalue weighted by Gasteiger charge is 2.44. The molecule has 0 amide bonds. The fraction of sp³-hybridized carbons (Fsp3) is 0.421. The molecule has 4 N–H and O–H groups in total. The number of benzene rings is 1. The fourth-order valence-corrected chi connectivity index (χ4v) is 3.61. The number of anilines is 1. The first kappa shape index (κ1) is 20.9. The summed E-state index contributed by atoms with van der Waals surface area (Å²) in [6.07, 6.45) is -2.07. The van der Waals surface area contributed by atoms with E-state index in [1.54, 1.807) is 0 Å². The highest BCUT2D eigenvalue weighted by Crippen LogP contribution is 2.32. The van der Waals surface area contributed by atoms with E-state index >= 15 is 0 Å². The van der Waals surface area contributed by atoms with E-state index in [9.17, 15) is 15.3 Å². The SMILES string of the molecule is CN(CCc1ccccc1)Nc1nc(Cl)nc2c1ncn2[C@@H]1O[C@H](CO)[C@@H](O)[C@H]1O. The van der Waals surface area contributed by atoms with Gasteiger partial charge in [0, 0.05) is 13.6 Å². The number of fused-ring (bicyclic) bond motifs is 1. The van der Waals surface area contributed by atoms with Crippen molar-refractivity contribution in [3.8, 4) is 0 Å². The number of hydrazine groups is 1. The number of hydrogen-bond donors (Lipinski definition) is 4. The normalized spacial score (nSPS) is 24.1. The third-order valence-electron chi connectivity index (χ3n) is 5.06. The highest BCUT2D eigenvalue weighted by atomic mass is 35.5. The van der Waals surface area contributed by atoms with Crippen LogP contribution < -0.4 is 5.43 Å². The maximum absolute atomic E-state index is 10.3. The zero-order chi connectivity index (χ0) is 21.3. The van der Waals surface area contributed by atoms with Gasteiger partial charge in [-0.3, -0.25) is 4.57 Å². The number of imidazole rings is 1. The molecule has 1 fully saturated rings. The minimum absolute atomic E-state index is 0.00467. The maximum Gasteiger partial charge on any atom is 0.226 e. The van der Waals surface area contributed by atoms with Crippen LogP contribution in [0.1, 0.15) is 11.8 Å². The van der Waals surface area contributed by atoms with Gasteiger partial charge >= 0.3 is 0 Å². The molecule has 2 aromatic heterocycles. The summed E-state index contributed by atoms with van der Waals surface area (Å²) in [4.78, 5) is 12.8. The number of aromatic nitrogens is 4. The Labute approximate surface area is 177 Å². The number of nitrogens with zero attached hydrogens (tertiary/aromatic N) is 5. The second-order valence-electron chi connectivity index (χ2n) is 7.16. The lowest BCUT2D eigenvalue weighted by Gasteiger charge is -2.19. The summed E-state index contributed by atoms with van der Waals surface area (Å²) in [6, 6.07) is 10.1. The summed E-state index contributed by atoms with van der Waals surface area (Å²) >= 11 is 6.12. The molecule has 1 aromatic carbocycles. The Morgan fingerprint density at radius 3 is 2.67 bits per heavy atom. The Morgan fingerprint density at radius 1 is 1.20 bits per heavy atom. The Balaban J connectivity index is 1.55. The van der Waals surface area contributed by atoms with E-state index in [0.717, 1.165) is 6.42 Å². The van der Waals surface area contributed by atoms with Gasteiger partial charge in [0.2, 0.25) is 5.28 Å². The fourth-order valence-electron chi connectivity index (χ4n) is 3.44. The minimum atomic E-state index is -1.25. The molecule has 0 unspecified atom stereocenters. The van der Waals surface area contributed by atoms with Gasteiger partial charge in [0.1, 0.15) is 18.3 Å². The topological polar surface area (TPSA) is 129 Å². The van der Waals surface area contributed by atoms with Crippen LogP contribution in [0.5, 0.6) is 0 Å². The van der Waals surface area contributed by atoms with E-state index in [4.69, 9.17) is 16.3 Å². The highest BCUT2D eigenvalue weighted by molar-refractivity contribution is 6.28. The van der Waals surface area contributed by atoms with E-state index in [-0.39, 0.29) is 5.28 Å². The number of ether oxygens (including phenoxy) is 1. The molecular formula is C19H23ClN6O4. The third kappa shape index (κ3) is 4.10. The van der Waals surface area contributed by atoms with Crippen LogP contribution in [0.4, 0.5) is 5.82 Å². The van der Waals surface area contributed by atoms with Crippen LogP contribution in [0, 0.1) is 0 Å². The van der Waals surface area contributed by atoms with Gasteiger partial charge in [-0.2, -0.15) is 9.97 Å². The van der Waals surface area contributed by atoms with Crippen LogP contribution in [0.3, 0.4) is 0 Å². The number of aliphatic hydroxyl groups excluding tert-OH is 3. The number of rotatable bonds is 7. The molecule has 0 spiro atoms. The average Bonchev–Trinajstić information content (AvgIpc) is 3.28. The number of likely N-dealkylation sites (N-methyl/N-ethyl adjacent to an activating group) is 1. The van der Waals surface area contributed by atoms with E-state index in [0.29, 0.717) is 23.5 Å². The summed E-state index contributed by atoms with van der Waals surface area (Å²) in [5.41, 5.74) is 5.15. The molecule has 1 saturated heterocycles. The summed E-state index contributed by atoms with van der Waals surface area (Å²) in [5, 5.41) is 31.5. The number of halogens is 1. The number of aliphatic hydroxyl groups is 3. The molecule has 0 radical (unpaired) electrons. The Hall–Kier alpha value is -2.34. The van der Waals surface area contributed by atoms with Crippen molar-refractivity contribution >= 4 is 28.6 Å². The summed E-state index contributed by atoms with van der Waals surface area (Å²) in [5.74, 6) is 0.408. The smallest absolute Gasteiger partial charge is 0.226 e. The lowest BCUT2D eigenvalue weighted by atomic mass is 10.1. The van der Waals surface area contributed by atoms with Crippen LogP contribution >= 0.6 is 11.6 Å². The van der Waals surface area contributed by atoms with Crippen molar-refractivity contribution in [1.29, 1.82) is 0 Å². The average molecular weight is 435 g/mol. The first-order valence-corrected chi connectivity index (χ1v) is 9.90. The molecule has 4 rings (SSSR count). The molecule has 0 bridgehead atoms. The molecule has 1 aliphatic heterocycles. The number of hydrogen-bond acceptors (Lipinski definition) is 9. The first-order chi connectivity index (χ1) is 14.5. The van der Waals surface area contributed by atoms with E-state index in [2.05, 4.69) is 32.5 Å². The van der Waals surface area contributed by atoms with Crippen molar-refractivity contribution < 1.29 is 20.1 Å². The van der Waals surface area contributed by atoms with Gasteiger partial charge in [0.25, 0.3) is 0 Å². The first-order valence-electron chi connectivity index (χ1n) is 9.52. The molecule has 30 heavy (non-hydrogen) atoms. The van der Waals surface area contributed by atoms with Crippen molar-refractivity contribution in [2.75, 3.05) is 25.6 Å². The molecule has 0 saturated carbocycles. The van der Waals surface area contributed by atoms with E-state index < -0.39 is 31.1 Å². The third-order valence-corrected chi connectivity index (χ3v) is 5.23. The van der Waals surface area contributed by atoms with Crippen LogP contribution in [0.25, 0.3) is 11.2 Å². The predicted molar refractivity (Wildman–Crippen MR) is 110 cm³/mol. The maximum atomic E-state index is 10.3. The van der Waals surface area contributed by atoms with Crippen molar-refractivity contribution in [2.45, 2.75) is 31.0 Å². The zero-order valence-electron chi connectivity index (χ0n) is 16.3. The quantitative estimate of drug-likeness (QED) is 0.312. The Morgan fingerprint density at radius 2 is 1.97 bits per heavy atom. The number of nitrogens with one attached hydrogen (secondary N) is 1. The van der Waals surface area contributed by atoms with Crippen molar-refractivity contribution in [1.82, 2.24) is 24.5 Å². The Kier molecular flexibility index (Phi) is 6.14. The van der Waals surface area contributed by atoms with Gasteiger partial charge in [-0.05, 0) is 23.6 Å². The minimum Gasteiger partial charge on any atom is -0.394 e. The molecule has 4 atom stereocenters. The molecule has 3 heterocycles. The summed E-state index contributed by atoms with van der Waals surface area (Å²) in [7, 11) is 1.88. The van der Waals surface area contributed by atoms with Crippen LogP contribution in [-0.4, -0.2) is 78.4 Å². The standard InChI is InChI=1S/C19H23ClN6O4/c1-25(8-7-11-5-3-2-4-6-11)24-16-13-17(23-19(20)22-16)26(10-21-13)18-15(29)14(28)12(9-27)30-18/h2-6,10,12,14-15,18,27-29H,7-9H2,1H3,(H,22,23,24)/t12-,14-,15-,18-/m1/s1. The largest absolute Gasteiger partial charge is 0.394 e. The van der Waals surface area contributed by atoms with Gasteiger partial charge in [-0.25, -0.2) is 9.99 Å². The lowest BCUT2D eigenvalue weighted by molar-refractivity contribution is -0.0511. The zero-order valence-corrected chi connectivity index (χ0v) is 17.0. The van der Waals surface area contributed by atoms with Crippen LogP contribution in [-0.2, 0) is 11.2 Å². The van der Waals surface area contributed by atoms with Crippen molar-refractivity contribution in [2.24, 2.45) is 0 Å². The van der Waals surface area contributed by atoms with Gasteiger partial charge in [0.15, 0.2) is 23.2 Å². The second-order valence-corrected chi connectivity index (χ2v) is 7.50. The molecule has 3 aromatic rings. The summed E-state index contributed by atoms with van der Waals surface area (Å²) in [6.45, 7) is 0.290. The van der Waals surface area contributed by atoms with Crippen LogP contribution in [0.15, 0.2) is 36.7 Å². The van der Waals surface area contributed by atoms with Crippen molar-refractivity contribution in [3.63, 3.8) is 0 Å². The predicted octanol–water partition coefficient (Wildman–Crippen LogP) is 0.593. The summed E-state index contributed by atoms with van der Waals surface area (Å²) < 4.78 is 7.05. The van der Waals surface area contributed by atoms with Gasteiger partial charge in [0.05, 0.1) is 12.9 Å². The molecular weight excluding hydrogens is 412 g/mol. The van der Waals surface area contributed by atoms with E-state index in [1.807, 2.05) is 30.3 Å². The van der Waals surface area contributed by atoms with Gasteiger partial charge in [-0.15, -0.1) is 0 Å². The molecule has 10 nitrogen and oxygen atoms in total. The molecule has 11 heteroatoms. The molecule has 0 aliphatic carbocycles.